The fraction of sp³-hybridized carbons (Fsp3) is 0.133. The maximum Gasteiger partial charge on any atom is 0.217 e. The standard InChI is InChI=1S/C15H13ClFNO/c1-10(19)18-15(11-5-7-13(16)8-6-11)12-3-2-4-14(17)9-12/h2-9,15H,1H3,(H,18,19). The molecule has 0 heterocycles. The van der Waals surface area contributed by atoms with Crippen molar-refractivity contribution in [2.75, 3.05) is 0 Å². The van der Waals surface area contributed by atoms with Crippen molar-refractivity contribution in [1.29, 1.82) is 0 Å². The Balaban J connectivity index is 2.40. The molecule has 1 N–H and O–H groups in total. The lowest BCUT2D eigenvalue weighted by Gasteiger charge is -2.19. The van der Waals surface area contributed by atoms with Crippen LogP contribution in [-0.4, -0.2) is 5.91 Å². The van der Waals surface area contributed by atoms with Gasteiger partial charge in [-0.05, 0) is 35.4 Å². The molecule has 2 aromatic rings. The number of hydrogen-bond donors (Lipinski definition) is 1. The van der Waals surface area contributed by atoms with Crippen molar-refractivity contribution in [2.24, 2.45) is 0 Å². The SMILES string of the molecule is CC(=O)NC(c1ccc(Cl)cc1)c1cccc(F)c1. The molecule has 1 atom stereocenters. The van der Waals surface area contributed by atoms with Crippen molar-refractivity contribution in [2.45, 2.75) is 13.0 Å². The topological polar surface area (TPSA) is 29.1 Å². The van der Waals surface area contributed by atoms with Crippen molar-refractivity contribution in [3.8, 4) is 0 Å². The summed E-state index contributed by atoms with van der Waals surface area (Å²) in [6, 6.07) is 12.9. The van der Waals surface area contributed by atoms with E-state index in [2.05, 4.69) is 5.32 Å². The molecule has 0 aliphatic carbocycles. The van der Waals surface area contributed by atoms with Gasteiger partial charge in [0.25, 0.3) is 0 Å². The maximum atomic E-state index is 13.3. The minimum Gasteiger partial charge on any atom is -0.345 e. The number of amides is 1. The van der Waals surface area contributed by atoms with E-state index in [1.807, 2.05) is 12.1 Å². The van der Waals surface area contributed by atoms with Crippen LogP contribution in [0.15, 0.2) is 48.5 Å². The van der Waals surface area contributed by atoms with Gasteiger partial charge in [-0.2, -0.15) is 0 Å². The fourth-order valence-electron chi connectivity index (χ4n) is 1.90. The van der Waals surface area contributed by atoms with E-state index in [9.17, 15) is 9.18 Å². The van der Waals surface area contributed by atoms with Crippen LogP contribution in [0.3, 0.4) is 0 Å². The Hall–Kier alpha value is -1.87. The molecule has 1 amide bonds. The monoisotopic (exact) mass is 277 g/mol. The lowest BCUT2D eigenvalue weighted by atomic mass is 9.98. The first-order valence-corrected chi connectivity index (χ1v) is 6.22. The highest BCUT2D eigenvalue weighted by Crippen LogP contribution is 2.24. The lowest BCUT2D eigenvalue weighted by molar-refractivity contribution is -0.119. The van der Waals surface area contributed by atoms with Crippen LogP contribution < -0.4 is 5.32 Å². The molecular weight excluding hydrogens is 265 g/mol. The molecule has 0 aromatic heterocycles. The Kier molecular flexibility index (Phi) is 4.17. The van der Waals surface area contributed by atoms with Gasteiger partial charge < -0.3 is 5.32 Å². The highest BCUT2D eigenvalue weighted by atomic mass is 35.5. The molecule has 0 saturated carbocycles. The molecule has 4 heteroatoms. The van der Waals surface area contributed by atoms with E-state index in [0.717, 1.165) is 5.56 Å². The van der Waals surface area contributed by atoms with Crippen molar-refractivity contribution in [3.63, 3.8) is 0 Å². The third-order valence-corrected chi connectivity index (χ3v) is 2.98. The number of nitrogens with one attached hydrogen (secondary N) is 1. The van der Waals surface area contributed by atoms with Gasteiger partial charge >= 0.3 is 0 Å². The van der Waals surface area contributed by atoms with Crippen molar-refractivity contribution in [3.05, 3.63) is 70.5 Å². The van der Waals surface area contributed by atoms with Gasteiger partial charge in [-0.15, -0.1) is 0 Å². The molecule has 98 valence electrons. The molecule has 2 rings (SSSR count). The van der Waals surface area contributed by atoms with E-state index in [1.54, 1.807) is 24.3 Å². The van der Waals surface area contributed by atoms with Crippen LogP contribution in [0.4, 0.5) is 4.39 Å². The second kappa shape index (κ2) is 5.85. The van der Waals surface area contributed by atoms with Crippen LogP contribution in [-0.2, 0) is 4.79 Å². The normalized spacial score (nSPS) is 11.9. The molecule has 2 aromatic carbocycles. The summed E-state index contributed by atoms with van der Waals surface area (Å²) in [6.07, 6.45) is 0. The van der Waals surface area contributed by atoms with Crippen LogP contribution in [0, 0.1) is 5.82 Å². The summed E-state index contributed by atoms with van der Waals surface area (Å²) in [5, 5.41) is 3.43. The van der Waals surface area contributed by atoms with Crippen molar-refractivity contribution < 1.29 is 9.18 Å². The summed E-state index contributed by atoms with van der Waals surface area (Å²) in [6.45, 7) is 1.43. The molecule has 0 aliphatic rings. The largest absolute Gasteiger partial charge is 0.345 e. The highest BCUT2D eigenvalue weighted by molar-refractivity contribution is 6.30. The van der Waals surface area contributed by atoms with Gasteiger partial charge in [0.15, 0.2) is 0 Å². The van der Waals surface area contributed by atoms with E-state index >= 15 is 0 Å². The average Bonchev–Trinajstić information content (AvgIpc) is 2.37. The third kappa shape index (κ3) is 3.55. The smallest absolute Gasteiger partial charge is 0.217 e. The van der Waals surface area contributed by atoms with Crippen LogP contribution >= 0.6 is 11.6 Å². The predicted octanol–water partition coefficient (Wildman–Crippen LogP) is 3.70. The van der Waals surface area contributed by atoms with Crippen LogP contribution in [0.2, 0.25) is 5.02 Å². The molecule has 1 unspecified atom stereocenters. The number of carbonyl (C=O) groups excluding carboxylic acids is 1. The summed E-state index contributed by atoms with van der Waals surface area (Å²) in [5.41, 5.74) is 1.54. The molecule has 2 nitrogen and oxygen atoms in total. The molecule has 0 bridgehead atoms. The van der Waals surface area contributed by atoms with E-state index < -0.39 is 0 Å². The van der Waals surface area contributed by atoms with E-state index in [4.69, 9.17) is 11.6 Å². The van der Waals surface area contributed by atoms with Gasteiger partial charge in [0.1, 0.15) is 5.82 Å². The van der Waals surface area contributed by atoms with Gasteiger partial charge in [0.2, 0.25) is 5.91 Å². The van der Waals surface area contributed by atoms with Crippen molar-refractivity contribution in [1.82, 2.24) is 5.32 Å². The molecule has 0 saturated heterocycles. The van der Waals surface area contributed by atoms with Crippen LogP contribution in [0.1, 0.15) is 24.1 Å². The Bertz CT molecular complexity index is 583. The zero-order valence-electron chi connectivity index (χ0n) is 10.4. The fourth-order valence-corrected chi connectivity index (χ4v) is 2.03. The number of carbonyl (C=O) groups is 1. The lowest BCUT2D eigenvalue weighted by Crippen LogP contribution is -2.26. The molecular formula is C15H13ClFNO. The summed E-state index contributed by atoms with van der Waals surface area (Å²) in [4.78, 5) is 11.3. The molecule has 0 radical (unpaired) electrons. The van der Waals surface area contributed by atoms with Gasteiger partial charge in [-0.25, -0.2) is 4.39 Å². The minimum atomic E-state index is -0.384. The zero-order chi connectivity index (χ0) is 13.8. The number of rotatable bonds is 3. The summed E-state index contributed by atoms with van der Waals surface area (Å²) in [7, 11) is 0. The summed E-state index contributed by atoms with van der Waals surface area (Å²) in [5.74, 6) is -0.508. The Morgan fingerprint density at radius 3 is 2.42 bits per heavy atom. The first-order valence-electron chi connectivity index (χ1n) is 5.84. The molecule has 19 heavy (non-hydrogen) atoms. The Morgan fingerprint density at radius 1 is 1.16 bits per heavy atom. The molecule has 0 fully saturated rings. The van der Waals surface area contributed by atoms with Crippen LogP contribution in [0.25, 0.3) is 0 Å². The van der Waals surface area contributed by atoms with Gasteiger partial charge in [-0.3, -0.25) is 4.79 Å². The van der Waals surface area contributed by atoms with Crippen molar-refractivity contribution >= 4 is 17.5 Å². The molecule has 0 aliphatic heterocycles. The third-order valence-electron chi connectivity index (χ3n) is 2.73. The predicted molar refractivity (Wildman–Crippen MR) is 73.5 cm³/mol. The zero-order valence-corrected chi connectivity index (χ0v) is 11.1. The minimum absolute atomic E-state index is 0.177. The Morgan fingerprint density at radius 2 is 1.84 bits per heavy atom. The Labute approximate surface area is 116 Å². The summed E-state index contributed by atoms with van der Waals surface area (Å²) >= 11 is 5.85. The van der Waals surface area contributed by atoms with E-state index in [0.29, 0.717) is 10.6 Å². The first kappa shape index (κ1) is 13.6. The van der Waals surface area contributed by atoms with E-state index in [1.165, 1.54) is 19.1 Å². The number of halogens is 2. The number of benzene rings is 2. The van der Waals surface area contributed by atoms with Gasteiger partial charge in [-0.1, -0.05) is 35.9 Å². The second-order valence-electron chi connectivity index (χ2n) is 4.24. The average molecular weight is 278 g/mol. The van der Waals surface area contributed by atoms with E-state index in [-0.39, 0.29) is 17.8 Å². The van der Waals surface area contributed by atoms with Gasteiger partial charge in [0.05, 0.1) is 6.04 Å². The molecule has 0 spiro atoms. The quantitative estimate of drug-likeness (QED) is 0.910. The maximum absolute atomic E-state index is 13.3. The summed E-state index contributed by atoms with van der Waals surface area (Å²) < 4.78 is 13.3. The van der Waals surface area contributed by atoms with Crippen LogP contribution in [0.5, 0.6) is 0 Å². The second-order valence-corrected chi connectivity index (χ2v) is 4.68. The van der Waals surface area contributed by atoms with Gasteiger partial charge in [0, 0.05) is 11.9 Å². The first-order chi connectivity index (χ1) is 9.06. The number of hydrogen-bond acceptors (Lipinski definition) is 1. The highest BCUT2D eigenvalue weighted by Gasteiger charge is 2.15.